The van der Waals surface area contributed by atoms with Crippen LogP contribution in [0.2, 0.25) is 0 Å². The highest BCUT2D eigenvalue weighted by Crippen LogP contribution is 2.19. The van der Waals surface area contributed by atoms with Crippen LogP contribution in [0.1, 0.15) is 11.6 Å². The summed E-state index contributed by atoms with van der Waals surface area (Å²) in [6, 6.07) is 15.0. The largest absolute Gasteiger partial charge is 0.481 e. The number of hydrogen-bond donors (Lipinski definition) is 1. The Balaban J connectivity index is 2.16. The second-order valence-corrected chi connectivity index (χ2v) is 3.71. The van der Waals surface area contributed by atoms with Gasteiger partial charge in [0, 0.05) is 23.5 Å². The number of pyridine rings is 1. The summed E-state index contributed by atoms with van der Waals surface area (Å²) < 4.78 is 4.99. The normalized spacial score (nSPS) is 11.3. The molecule has 0 saturated heterocycles. The molecule has 0 bridgehead atoms. The van der Waals surface area contributed by atoms with Crippen molar-refractivity contribution in [2.45, 2.75) is 6.04 Å². The van der Waals surface area contributed by atoms with E-state index >= 15 is 0 Å². The van der Waals surface area contributed by atoms with Crippen molar-refractivity contribution in [1.29, 1.82) is 5.26 Å². The fourth-order valence-electron chi connectivity index (χ4n) is 1.57. The smallest absolute Gasteiger partial charge is 0.212 e. The minimum atomic E-state index is -0.425. The third-order valence-corrected chi connectivity index (χ3v) is 2.52. The SMILES string of the molecule is COc1ccc(C(C#N)Nc2ccccc2)cn1. The first-order chi connectivity index (χ1) is 8.83. The summed E-state index contributed by atoms with van der Waals surface area (Å²) in [5, 5.41) is 12.3. The maximum atomic E-state index is 9.20. The van der Waals surface area contributed by atoms with E-state index in [1.165, 1.54) is 0 Å². The molecule has 4 nitrogen and oxygen atoms in total. The molecule has 0 fully saturated rings. The van der Waals surface area contributed by atoms with E-state index < -0.39 is 6.04 Å². The van der Waals surface area contributed by atoms with Crippen LogP contribution in [-0.4, -0.2) is 12.1 Å². The number of nitrogens with one attached hydrogen (secondary N) is 1. The van der Waals surface area contributed by atoms with Gasteiger partial charge in [0.05, 0.1) is 13.2 Å². The van der Waals surface area contributed by atoms with Crippen LogP contribution in [0.3, 0.4) is 0 Å². The number of ether oxygens (including phenoxy) is 1. The van der Waals surface area contributed by atoms with E-state index in [1.807, 2.05) is 36.4 Å². The minimum absolute atomic E-state index is 0.425. The highest BCUT2D eigenvalue weighted by atomic mass is 16.5. The molecule has 1 atom stereocenters. The summed E-state index contributed by atoms with van der Waals surface area (Å²) >= 11 is 0. The molecule has 90 valence electrons. The monoisotopic (exact) mass is 239 g/mol. The van der Waals surface area contributed by atoms with E-state index in [4.69, 9.17) is 4.74 Å². The second-order valence-electron chi connectivity index (χ2n) is 3.71. The molecule has 1 aromatic heterocycles. The Bertz CT molecular complexity index is 531. The standard InChI is InChI=1S/C14H13N3O/c1-18-14-8-7-11(10-16-14)13(9-15)17-12-5-3-2-4-6-12/h2-8,10,13,17H,1H3. The Morgan fingerprint density at radius 3 is 2.56 bits per heavy atom. The lowest BCUT2D eigenvalue weighted by molar-refractivity contribution is 0.397. The Morgan fingerprint density at radius 2 is 2.00 bits per heavy atom. The van der Waals surface area contributed by atoms with Crippen LogP contribution in [0.15, 0.2) is 48.7 Å². The van der Waals surface area contributed by atoms with Crippen molar-refractivity contribution in [2.75, 3.05) is 12.4 Å². The number of hydrogen-bond acceptors (Lipinski definition) is 4. The lowest BCUT2D eigenvalue weighted by Crippen LogP contribution is -2.08. The molecule has 2 rings (SSSR count). The summed E-state index contributed by atoms with van der Waals surface area (Å²) in [6.07, 6.45) is 1.64. The zero-order chi connectivity index (χ0) is 12.8. The highest BCUT2D eigenvalue weighted by Gasteiger charge is 2.10. The number of anilines is 1. The molecule has 0 amide bonds. The van der Waals surface area contributed by atoms with Gasteiger partial charge in [-0.15, -0.1) is 0 Å². The van der Waals surface area contributed by atoms with E-state index in [0.29, 0.717) is 5.88 Å². The zero-order valence-electron chi connectivity index (χ0n) is 10.00. The van der Waals surface area contributed by atoms with Crippen molar-refractivity contribution >= 4 is 5.69 Å². The number of rotatable bonds is 4. The number of nitrogens with zero attached hydrogens (tertiary/aromatic N) is 2. The van der Waals surface area contributed by atoms with Gasteiger partial charge in [-0.05, 0) is 18.2 Å². The van der Waals surface area contributed by atoms with Crippen molar-refractivity contribution in [1.82, 2.24) is 4.98 Å². The third kappa shape index (κ3) is 2.77. The first kappa shape index (κ1) is 11.9. The molecule has 1 unspecified atom stereocenters. The molecule has 1 heterocycles. The Kier molecular flexibility index (Phi) is 3.77. The van der Waals surface area contributed by atoms with Gasteiger partial charge in [0.25, 0.3) is 0 Å². The molecular formula is C14H13N3O. The molecule has 0 aliphatic heterocycles. The van der Waals surface area contributed by atoms with Crippen molar-refractivity contribution in [2.24, 2.45) is 0 Å². The second kappa shape index (κ2) is 5.69. The van der Waals surface area contributed by atoms with E-state index in [1.54, 1.807) is 19.4 Å². The van der Waals surface area contributed by atoms with Gasteiger partial charge in [-0.1, -0.05) is 18.2 Å². The van der Waals surface area contributed by atoms with Gasteiger partial charge >= 0.3 is 0 Å². The van der Waals surface area contributed by atoms with E-state index in [2.05, 4.69) is 16.4 Å². The van der Waals surface area contributed by atoms with Crippen LogP contribution in [0.4, 0.5) is 5.69 Å². The number of benzene rings is 1. The van der Waals surface area contributed by atoms with E-state index in [-0.39, 0.29) is 0 Å². The fraction of sp³-hybridized carbons (Fsp3) is 0.143. The average molecular weight is 239 g/mol. The van der Waals surface area contributed by atoms with Gasteiger partial charge in [0.15, 0.2) is 0 Å². The van der Waals surface area contributed by atoms with Crippen molar-refractivity contribution in [3.8, 4) is 11.9 Å². The summed E-state index contributed by atoms with van der Waals surface area (Å²) in [6.45, 7) is 0. The molecule has 18 heavy (non-hydrogen) atoms. The fourth-order valence-corrected chi connectivity index (χ4v) is 1.57. The molecule has 0 aliphatic carbocycles. The maximum Gasteiger partial charge on any atom is 0.212 e. The molecule has 0 radical (unpaired) electrons. The molecular weight excluding hydrogens is 226 g/mol. The summed E-state index contributed by atoms with van der Waals surface area (Å²) in [7, 11) is 1.56. The van der Waals surface area contributed by atoms with Crippen molar-refractivity contribution in [3.63, 3.8) is 0 Å². The molecule has 0 aliphatic rings. The van der Waals surface area contributed by atoms with Crippen LogP contribution < -0.4 is 10.1 Å². The van der Waals surface area contributed by atoms with E-state index in [9.17, 15) is 5.26 Å². The van der Waals surface area contributed by atoms with Crippen LogP contribution in [0.25, 0.3) is 0 Å². The Labute approximate surface area is 106 Å². The molecule has 0 saturated carbocycles. The van der Waals surface area contributed by atoms with Crippen LogP contribution in [0.5, 0.6) is 5.88 Å². The molecule has 0 spiro atoms. The van der Waals surface area contributed by atoms with Gasteiger partial charge in [-0.3, -0.25) is 0 Å². The van der Waals surface area contributed by atoms with E-state index in [0.717, 1.165) is 11.3 Å². The predicted molar refractivity (Wildman–Crippen MR) is 69.2 cm³/mol. The Hall–Kier alpha value is -2.54. The minimum Gasteiger partial charge on any atom is -0.481 e. The average Bonchev–Trinajstić information content (AvgIpc) is 2.46. The van der Waals surface area contributed by atoms with Gasteiger partial charge < -0.3 is 10.1 Å². The van der Waals surface area contributed by atoms with Gasteiger partial charge in [0.1, 0.15) is 6.04 Å². The third-order valence-electron chi connectivity index (χ3n) is 2.52. The van der Waals surface area contributed by atoms with Gasteiger partial charge in [0.2, 0.25) is 5.88 Å². The van der Waals surface area contributed by atoms with Gasteiger partial charge in [-0.25, -0.2) is 4.98 Å². The lowest BCUT2D eigenvalue weighted by atomic mass is 10.1. The van der Waals surface area contributed by atoms with Crippen LogP contribution >= 0.6 is 0 Å². The maximum absolute atomic E-state index is 9.20. The van der Waals surface area contributed by atoms with Crippen molar-refractivity contribution in [3.05, 3.63) is 54.2 Å². The lowest BCUT2D eigenvalue weighted by Gasteiger charge is -2.13. The molecule has 1 aromatic carbocycles. The zero-order valence-corrected chi connectivity index (χ0v) is 10.00. The molecule has 4 heteroatoms. The first-order valence-electron chi connectivity index (χ1n) is 5.54. The first-order valence-corrected chi connectivity index (χ1v) is 5.54. The number of methoxy groups -OCH3 is 1. The number of nitriles is 1. The number of aromatic nitrogens is 1. The number of para-hydroxylation sites is 1. The summed E-state index contributed by atoms with van der Waals surface area (Å²) in [5.74, 6) is 0.537. The van der Waals surface area contributed by atoms with Crippen LogP contribution in [-0.2, 0) is 0 Å². The summed E-state index contributed by atoms with van der Waals surface area (Å²) in [5.41, 5.74) is 1.71. The molecule has 1 N–H and O–H groups in total. The highest BCUT2D eigenvalue weighted by molar-refractivity contribution is 5.47. The molecule has 2 aromatic rings. The van der Waals surface area contributed by atoms with Crippen molar-refractivity contribution < 1.29 is 4.74 Å². The predicted octanol–water partition coefficient (Wildman–Crippen LogP) is 2.77. The quantitative estimate of drug-likeness (QED) is 0.891. The Morgan fingerprint density at radius 1 is 1.22 bits per heavy atom. The summed E-state index contributed by atoms with van der Waals surface area (Å²) in [4.78, 5) is 4.09. The van der Waals surface area contributed by atoms with Gasteiger partial charge in [-0.2, -0.15) is 5.26 Å². The topological polar surface area (TPSA) is 57.9 Å². The van der Waals surface area contributed by atoms with Crippen LogP contribution in [0, 0.1) is 11.3 Å².